The Morgan fingerprint density at radius 2 is 2.14 bits per heavy atom. The van der Waals surface area contributed by atoms with Gasteiger partial charge in [0.2, 0.25) is 0 Å². The first kappa shape index (κ1) is 16.0. The number of aliphatic hydroxyl groups excluding tert-OH is 1. The fraction of sp³-hybridized carbons (Fsp3) is 0.438. The van der Waals surface area contributed by atoms with E-state index in [1.165, 1.54) is 4.90 Å². The summed E-state index contributed by atoms with van der Waals surface area (Å²) >= 11 is 0. The van der Waals surface area contributed by atoms with Crippen LogP contribution in [0.2, 0.25) is 0 Å². The molecule has 1 heterocycles. The second kappa shape index (κ2) is 7.57. The van der Waals surface area contributed by atoms with E-state index >= 15 is 0 Å². The number of likely N-dealkylation sites (tertiary alicyclic amines) is 1. The molecule has 1 fully saturated rings. The number of anilines is 1. The third kappa shape index (κ3) is 3.62. The highest BCUT2D eigenvalue weighted by atomic mass is 16.3. The number of rotatable bonds is 3. The van der Waals surface area contributed by atoms with Crippen molar-refractivity contribution in [2.75, 3.05) is 18.5 Å². The van der Waals surface area contributed by atoms with Gasteiger partial charge in [-0.15, -0.1) is 0 Å². The minimum absolute atomic E-state index is 0.00662. The Kier molecular flexibility index (Phi) is 5.50. The van der Waals surface area contributed by atoms with Crippen LogP contribution in [0.1, 0.15) is 31.2 Å². The number of carbonyl (C=O) groups is 2. The first-order valence-corrected chi connectivity index (χ1v) is 7.39. The van der Waals surface area contributed by atoms with E-state index in [9.17, 15) is 9.59 Å². The van der Waals surface area contributed by atoms with Crippen LogP contribution in [0.15, 0.2) is 24.3 Å². The second-order valence-electron chi connectivity index (χ2n) is 5.27. The number of benzene rings is 1. The summed E-state index contributed by atoms with van der Waals surface area (Å²) in [6, 6.07) is 8.43. The van der Waals surface area contributed by atoms with Gasteiger partial charge in [0.25, 0.3) is 0 Å². The van der Waals surface area contributed by atoms with Gasteiger partial charge in [-0.3, -0.25) is 9.59 Å². The van der Waals surface area contributed by atoms with E-state index in [1.807, 2.05) is 6.07 Å². The maximum Gasteiger partial charge on any atom is 0.313 e. The molecule has 2 rings (SSSR count). The van der Waals surface area contributed by atoms with Crippen molar-refractivity contribution < 1.29 is 14.7 Å². The summed E-state index contributed by atoms with van der Waals surface area (Å²) in [6.07, 6.45) is 3.13. The highest BCUT2D eigenvalue weighted by molar-refractivity contribution is 6.39. The van der Waals surface area contributed by atoms with Crippen molar-refractivity contribution in [2.24, 2.45) is 0 Å². The van der Waals surface area contributed by atoms with E-state index in [0.717, 1.165) is 19.3 Å². The molecule has 0 radical (unpaired) electrons. The van der Waals surface area contributed by atoms with E-state index in [1.54, 1.807) is 24.3 Å². The predicted molar refractivity (Wildman–Crippen MR) is 80.8 cm³/mol. The van der Waals surface area contributed by atoms with Crippen molar-refractivity contribution >= 4 is 17.5 Å². The Hall–Kier alpha value is -2.39. The molecule has 1 aliphatic rings. The summed E-state index contributed by atoms with van der Waals surface area (Å²) in [5.41, 5.74) is 0.647. The summed E-state index contributed by atoms with van der Waals surface area (Å²) in [4.78, 5) is 26.0. The molecule has 2 N–H and O–H groups in total. The lowest BCUT2D eigenvalue weighted by Crippen LogP contribution is -2.48. The van der Waals surface area contributed by atoms with Crippen LogP contribution in [0, 0.1) is 11.3 Å². The number of aliphatic hydroxyl groups is 1. The molecule has 6 nitrogen and oxygen atoms in total. The van der Waals surface area contributed by atoms with Crippen molar-refractivity contribution in [3.8, 4) is 6.07 Å². The highest BCUT2D eigenvalue weighted by Crippen LogP contribution is 2.20. The molecule has 1 saturated heterocycles. The maximum absolute atomic E-state index is 12.3. The van der Waals surface area contributed by atoms with E-state index in [-0.39, 0.29) is 12.6 Å². The van der Waals surface area contributed by atoms with Crippen molar-refractivity contribution in [1.82, 2.24) is 4.90 Å². The molecule has 1 aromatic rings. The minimum atomic E-state index is -0.743. The van der Waals surface area contributed by atoms with Crippen LogP contribution in [-0.2, 0) is 9.59 Å². The predicted octanol–water partition coefficient (Wildman–Crippen LogP) is 1.26. The Bertz CT molecular complexity index is 593. The van der Waals surface area contributed by atoms with Crippen LogP contribution >= 0.6 is 0 Å². The van der Waals surface area contributed by atoms with Gasteiger partial charge in [0, 0.05) is 19.2 Å². The average Bonchev–Trinajstić information content (AvgIpc) is 2.55. The molecule has 1 aromatic carbocycles. The fourth-order valence-corrected chi connectivity index (χ4v) is 2.71. The van der Waals surface area contributed by atoms with Gasteiger partial charge in [0.15, 0.2) is 0 Å². The molecule has 1 unspecified atom stereocenters. The summed E-state index contributed by atoms with van der Waals surface area (Å²) in [7, 11) is 0. The number of carbonyl (C=O) groups excluding carboxylic acids is 2. The Labute approximate surface area is 129 Å². The SMILES string of the molecule is N#Cc1ccccc1NC(=O)C(=O)N1CCCCC1CCO. The standard InChI is InChI=1S/C16H19N3O3/c17-11-12-5-1-2-7-14(12)18-15(21)16(22)19-9-4-3-6-13(19)8-10-20/h1-2,5,7,13,20H,3-4,6,8-10H2,(H,18,21). The van der Waals surface area contributed by atoms with E-state index < -0.39 is 11.8 Å². The normalized spacial score (nSPS) is 17.6. The van der Waals surface area contributed by atoms with Gasteiger partial charge in [-0.25, -0.2) is 0 Å². The molecule has 0 aromatic heterocycles. The topological polar surface area (TPSA) is 93.4 Å². The maximum atomic E-state index is 12.3. The third-order valence-corrected chi connectivity index (χ3v) is 3.84. The zero-order valence-corrected chi connectivity index (χ0v) is 12.3. The molecule has 1 aliphatic heterocycles. The van der Waals surface area contributed by atoms with Crippen molar-refractivity contribution in [3.05, 3.63) is 29.8 Å². The monoisotopic (exact) mass is 301 g/mol. The largest absolute Gasteiger partial charge is 0.396 e. The van der Waals surface area contributed by atoms with Crippen LogP contribution in [0.5, 0.6) is 0 Å². The lowest BCUT2D eigenvalue weighted by atomic mass is 9.99. The van der Waals surface area contributed by atoms with Crippen LogP contribution in [0.3, 0.4) is 0 Å². The van der Waals surface area contributed by atoms with Crippen LogP contribution in [0.4, 0.5) is 5.69 Å². The molecular weight excluding hydrogens is 282 g/mol. The number of nitriles is 1. The number of hydrogen-bond donors (Lipinski definition) is 2. The van der Waals surface area contributed by atoms with Gasteiger partial charge in [-0.1, -0.05) is 12.1 Å². The molecule has 6 heteroatoms. The quantitative estimate of drug-likeness (QED) is 0.822. The lowest BCUT2D eigenvalue weighted by Gasteiger charge is -2.35. The van der Waals surface area contributed by atoms with Crippen LogP contribution in [-0.4, -0.2) is 41.0 Å². The Balaban J connectivity index is 2.08. The fourth-order valence-electron chi connectivity index (χ4n) is 2.71. The number of para-hydroxylation sites is 1. The molecular formula is C16H19N3O3. The van der Waals surface area contributed by atoms with Crippen LogP contribution < -0.4 is 5.32 Å². The van der Waals surface area contributed by atoms with Gasteiger partial charge in [-0.05, 0) is 37.8 Å². The average molecular weight is 301 g/mol. The minimum Gasteiger partial charge on any atom is -0.396 e. The summed E-state index contributed by atoms with van der Waals surface area (Å²) in [5, 5.41) is 20.6. The molecule has 0 spiro atoms. The lowest BCUT2D eigenvalue weighted by molar-refractivity contribution is -0.146. The second-order valence-corrected chi connectivity index (χ2v) is 5.27. The Morgan fingerprint density at radius 3 is 2.86 bits per heavy atom. The smallest absolute Gasteiger partial charge is 0.313 e. The van der Waals surface area contributed by atoms with Gasteiger partial charge in [-0.2, -0.15) is 5.26 Å². The molecule has 0 saturated carbocycles. The number of amides is 2. The van der Waals surface area contributed by atoms with Crippen molar-refractivity contribution in [3.63, 3.8) is 0 Å². The molecule has 0 bridgehead atoms. The van der Waals surface area contributed by atoms with Gasteiger partial charge in [0.1, 0.15) is 6.07 Å². The summed E-state index contributed by atoms with van der Waals surface area (Å²) in [6.45, 7) is 0.518. The van der Waals surface area contributed by atoms with Gasteiger partial charge in [0.05, 0.1) is 11.3 Å². The number of hydrogen-bond acceptors (Lipinski definition) is 4. The zero-order chi connectivity index (χ0) is 15.9. The molecule has 0 aliphatic carbocycles. The zero-order valence-electron chi connectivity index (χ0n) is 12.3. The Morgan fingerprint density at radius 1 is 1.36 bits per heavy atom. The van der Waals surface area contributed by atoms with E-state index in [4.69, 9.17) is 10.4 Å². The molecule has 2 amide bonds. The third-order valence-electron chi connectivity index (χ3n) is 3.84. The number of piperidine rings is 1. The number of nitrogens with one attached hydrogen (secondary N) is 1. The van der Waals surface area contributed by atoms with Crippen molar-refractivity contribution in [2.45, 2.75) is 31.7 Å². The van der Waals surface area contributed by atoms with Crippen molar-refractivity contribution in [1.29, 1.82) is 5.26 Å². The summed E-state index contributed by atoms with van der Waals surface area (Å²) in [5.74, 6) is -1.35. The molecule has 1 atom stereocenters. The van der Waals surface area contributed by atoms with Gasteiger partial charge >= 0.3 is 11.8 Å². The summed E-state index contributed by atoms with van der Waals surface area (Å²) < 4.78 is 0. The number of nitrogens with zero attached hydrogens (tertiary/aromatic N) is 2. The van der Waals surface area contributed by atoms with E-state index in [0.29, 0.717) is 24.2 Å². The van der Waals surface area contributed by atoms with E-state index in [2.05, 4.69) is 5.32 Å². The molecule has 22 heavy (non-hydrogen) atoms. The molecule has 116 valence electrons. The van der Waals surface area contributed by atoms with Gasteiger partial charge < -0.3 is 15.3 Å². The highest BCUT2D eigenvalue weighted by Gasteiger charge is 2.30. The van der Waals surface area contributed by atoms with Crippen LogP contribution in [0.25, 0.3) is 0 Å². The first-order valence-electron chi connectivity index (χ1n) is 7.39. The first-order chi connectivity index (χ1) is 10.7.